The molecule has 0 amide bonds. The zero-order chi connectivity index (χ0) is 11.4. The van der Waals surface area contributed by atoms with Gasteiger partial charge in [0, 0.05) is 5.41 Å². The van der Waals surface area contributed by atoms with E-state index < -0.39 is 9.84 Å². The molecule has 1 aliphatic carbocycles. The van der Waals surface area contributed by atoms with Crippen LogP contribution < -0.4 is 0 Å². The molecule has 0 N–H and O–H groups in total. The van der Waals surface area contributed by atoms with Gasteiger partial charge in [0.2, 0.25) is 0 Å². The van der Waals surface area contributed by atoms with Crippen molar-refractivity contribution < 1.29 is 8.42 Å². The van der Waals surface area contributed by atoms with Crippen LogP contribution in [0.5, 0.6) is 0 Å². The summed E-state index contributed by atoms with van der Waals surface area (Å²) in [6.07, 6.45) is 8.18. The molecule has 16 heavy (non-hydrogen) atoms. The molecule has 0 radical (unpaired) electrons. The quantitative estimate of drug-likeness (QED) is 0.785. The van der Waals surface area contributed by atoms with Crippen molar-refractivity contribution in [1.29, 1.82) is 0 Å². The first-order valence-corrected chi connectivity index (χ1v) is 6.57. The molecule has 0 saturated heterocycles. The first-order chi connectivity index (χ1) is 7.68. The van der Waals surface area contributed by atoms with Crippen LogP contribution >= 0.6 is 0 Å². The van der Waals surface area contributed by atoms with Gasteiger partial charge in [-0.25, -0.2) is 8.42 Å². The van der Waals surface area contributed by atoms with E-state index >= 15 is 0 Å². The molecule has 0 aliphatic heterocycles. The SMILES string of the molecule is O=S(=O)(/C=C1\C=CC=CC1)c1ccccc1. The first-order valence-electron chi connectivity index (χ1n) is 5.02. The molecule has 0 aromatic heterocycles. The maximum Gasteiger partial charge on any atom is 0.200 e. The maximum atomic E-state index is 12.0. The van der Waals surface area contributed by atoms with E-state index in [0.29, 0.717) is 11.3 Å². The lowest BCUT2D eigenvalue weighted by molar-refractivity contribution is 0.604. The number of hydrogen-bond acceptors (Lipinski definition) is 2. The van der Waals surface area contributed by atoms with Crippen molar-refractivity contribution in [2.45, 2.75) is 11.3 Å². The molecule has 0 saturated carbocycles. The molecule has 1 aromatic carbocycles. The van der Waals surface area contributed by atoms with Crippen molar-refractivity contribution in [2.75, 3.05) is 0 Å². The van der Waals surface area contributed by atoms with Crippen molar-refractivity contribution in [3.8, 4) is 0 Å². The highest BCUT2D eigenvalue weighted by Gasteiger charge is 2.11. The Bertz CT molecular complexity index is 549. The van der Waals surface area contributed by atoms with Crippen molar-refractivity contribution in [3.05, 3.63) is 65.6 Å². The van der Waals surface area contributed by atoms with E-state index in [1.165, 1.54) is 5.41 Å². The van der Waals surface area contributed by atoms with Gasteiger partial charge in [0.05, 0.1) is 4.90 Å². The van der Waals surface area contributed by atoms with Gasteiger partial charge >= 0.3 is 0 Å². The summed E-state index contributed by atoms with van der Waals surface area (Å²) in [6, 6.07) is 8.46. The fourth-order valence-electron chi connectivity index (χ4n) is 1.49. The normalized spacial score (nSPS) is 17.9. The highest BCUT2D eigenvalue weighted by Crippen LogP contribution is 2.17. The summed E-state index contributed by atoms with van der Waals surface area (Å²) < 4.78 is 23.9. The van der Waals surface area contributed by atoms with Gasteiger partial charge in [-0.3, -0.25) is 0 Å². The minimum Gasteiger partial charge on any atom is -0.219 e. The second-order valence-corrected chi connectivity index (χ2v) is 5.34. The lowest BCUT2D eigenvalue weighted by Crippen LogP contribution is -1.97. The lowest BCUT2D eigenvalue weighted by Gasteiger charge is -2.03. The monoisotopic (exact) mass is 232 g/mol. The van der Waals surface area contributed by atoms with E-state index in [1.807, 2.05) is 24.3 Å². The molecule has 3 heteroatoms. The molecule has 0 spiro atoms. The van der Waals surface area contributed by atoms with E-state index in [2.05, 4.69) is 0 Å². The van der Waals surface area contributed by atoms with Gasteiger partial charge < -0.3 is 0 Å². The highest BCUT2D eigenvalue weighted by atomic mass is 32.2. The summed E-state index contributed by atoms with van der Waals surface area (Å²) in [6.45, 7) is 0. The standard InChI is InChI=1S/C13H12O2S/c14-16(15,13-9-5-2-6-10-13)11-12-7-3-1-4-8-12/h1-7,9-11H,8H2/b12-11+. The second kappa shape index (κ2) is 4.49. The van der Waals surface area contributed by atoms with E-state index in [0.717, 1.165) is 5.57 Å². The van der Waals surface area contributed by atoms with Crippen molar-refractivity contribution in [3.63, 3.8) is 0 Å². The summed E-state index contributed by atoms with van der Waals surface area (Å²) in [4.78, 5) is 0.338. The van der Waals surface area contributed by atoms with Crippen LogP contribution in [0.25, 0.3) is 0 Å². The average molecular weight is 232 g/mol. The van der Waals surface area contributed by atoms with Crippen molar-refractivity contribution in [1.82, 2.24) is 0 Å². The van der Waals surface area contributed by atoms with Gasteiger partial charge in [0.15, 0.2) is 9.84 Å². The molecular weight excluding hydrogens is 220 g/mol. The summed E-state index contributed by atoms with van der Waals surface area (Å²) in [5.41, 5.74) is 0.811. The second-order valence-electron chi connectivity index (χ2n) is 3.54. The maximum absolute atomic E-state index is 12.0. The van der Waals surface area contributed by atoms with Crippen LogP contribution in [0.4, 0.5) is 0 Å². The van der Waals surface area contributed by atoms with E-state index in [-0.39, 0.29) is 0 Å². The molecule has 1 aromatic rings. The molecule has 0 fully saturated rings. The number of benzene rings is 1. The predicted octanol–water partition coefficient (Wildman–Crippen LogP) is 2.86. The summed E-state index contributed by atoms with van der Waals surface area (Å²) in [7, 11) is -3.31. The van der Waals surface area contributed by atoms with Gasteiger partial charge in [-0.1, -0.05) is 42.5 Å². The summed E-state index contributed by atoms with van der Waals surface area (Å²) >= 11 is 0. The van der Waals surface area contributed by atoms with Crippen LogP contribution in [0, 0.1) is 0 Å². The Balaban J connectivity index is 2.35. The van der Waals surface area contributed by atoms with Gasteiger partial charge in [0.1, 0.15) is 0 Å². The number of allylic oxidation sites excluding steroid dienone is 5. The molecule has 2 rings (SSSR count). The Morgan fingerprint density at radius 3 is 2.44 bits per heavy atom. The predicted molar refractivity (Wildman–Crippen MR) is 64.6 cm³/mol. The van der Waals surface area contributed by atoms with Crippen LogP contribution in [-0.4, -0.2) is 8.42 Å². The lowest BCUT2D eigenvalue weighted by atomic mass is 10.1. The third-order valence-electron chi connectivity index (χ3n) is 2.29. The molecule has 82 valence electrons. The van der Waals surface area contributed by atoms with Crippen LogP contribution in [0.3, 0.4) is 0 Å². The smallest absolute Gasteiger partial charge is 0.200 e. The Morgan fingerprint density at radius 2 is 1.81 bits per heavy atom. The van der Waals surface area contributed by atoms with Crippen LogP contribution in [-0.2, 0) is 9.84 Å². The molecule has 0 unspecified atom stereocenters. The van der Waals surface area contributed by atoms with Gasteiger partial charge in [-0.15, -0.1) is 0 Å². The minimum atomic E-state index is -3.31. The largest absolute Gasteiger partial charge is 0.219 e. The van der Waals surface area contributed by atoms with Gasteiger partial charge in [0.25, 0.3) is 0 Å². The number of sulfone groups is 1. The Labute approximate surface area is 95.5 Å². The average Bonchev–Trinajstić information content (AvgIpc) is 2.31. The van der Waals surface area contributed by atoms with Crippen molar-refractivity contribution >= 4 is 9.84 Å². The highest BCUT2D eigenvalue weighted by molar-refractivity contribution is 7.94. The summed E-state index contributed by atoms with van der Waals surface area (Å²) in [5.74, 6) is 0. The van der Waals surface area contributed by atoms with Gasteiger partial charge in [-0.2, -0.15) is 0 Å². The zero-order valence-corrected chi connectivity index (χ0v) is 9.52. The van der Waals surface area contributed by atoms with Gasteiger partial charge in [-0.05, 0) is 24.1 Å². The van der Waals surface area contributed by atoms with Crippen LogP contribution in [0.1, 0.15) is 6.42 Å². The van der Waals surface area contributed by atoms with E-state index in [1.54, 1.807) is 30.3 Å². The fraction of sp³-hybridized carbons (Fsp3) is 0.0769. The molecular formula is C13H12O2S. The molecule has 0 heterocycles. The van der Waals surface area contributed by atoms with Crippen molar-refractivity contribution in [2.24, 2.45) is 0 Å². The molecule has 0 bridgehead atoms. The topological polar surface area (TPSA) is 34.1 Å². The Hall–Kier alpha value is -1.61. The molecule has 2 nitrogen and oxygen atoms in total. The zero-order valence-electron chi connectivity index (χ0n) is 8.71. The fourth-order valence-corrected chi connectivity index (χ4v) is 2.74. The number of rotatable bonds is 2. The third kappa shape index (κ3) is 2.49. The minimum absolute atomic E-state index is 0.338. The Morgan fingerprint density at radius 1 is 1.06 bits per heavy atom. The van der Waals surface area contributed by atoms with E-state index in [9.17, 15) is 8.42 Å². The summed E-state index contributed by atoms with van der Waals surface area (Å²) in [5, 5.41) is 1.34. The third-order valence-corrected chi connectivity index (χ3v) is 3.83. The Kier molecular flexibility index (Phi) is 3.06. The van der Waals surface area contributed by atoms with Crippen LogP contribution in [0.15, 0.2) is 70.5 Å². The number of hydrogen-bond donors (Lipinski definition) is 0. The first kappa shape index (κ1) is 10.9. The molecule has 0 atom stereocenters. The van der Waals surface area contributed by atoms with Crippen LogP contribution in [0.2, 0.25) is 0 Å². The molecule has 1 aliphatic rings. The van der Waals surface area contributed by atoms with E-state index in [4.69, 9.17) is 0 Å².